The molecule has 0 fully saturated rings. The van der Waals surface area contributed by atoms with Gasteiger partial charge in [0.25, 0.3) is 0 Å². The molecule has 1 aliphatic heterocycles. The lowest BCUT2D eigenvalue weighted by Gasteiger charge is -2.29. The molecule has 0 spiro atoms. The summed E-state index contributed by atoms with van der Waals surface area (Å²) in [7, 11) is 0. The summed E-state index contributed by atoms with van der Waals surface area (Å²) in [5.74, 6) is 5.37. The molecule has 0 aromatic heterocycles. The molecule has 5 heteroatoms. The zero-order chi connectivity index (χ0) is 11.5. The number of carbonyl (C=O) groups excluding carboxylic acids is 1. The van der Waals surface area contributed by atoms with Crippen LogP contribution >= 0.6 is 0 Å². The van der Waals surface area contributed by atoms with E-state index in [1.165, 1.54) is 0 Å². The second-order valence-corrected chi connectivity index (χ2v) is 3.85. The standard InChI is InChI=1S/C11H16N4O/c12-6-8-1-3-10-9(5-8)2-4-11(16)15(10)7-14-13/h1,3,5,14H,2,4,6-7,12-13H2. The fourth-order valence-corrected chi connectivity index (χ4v) is 2.00. The summed E-state index contributed by atoms with van der Waals surface area (Å²) in [4.78, 5) is 13.4. The van der Waals surface area contributed by atoms with E-state index in [2.05, 4.69) is 11.5 Å². The van der Waals surface area contributed by atoms with Crippen LogP contribution in [-0.4, -0.2) is 12.6 Å². The number of nitrogens with two attached hydrogens (primary N) is 2. The highest BCUT2D eigenvalue weighted by atomic mass is 16.2. The number of nitrogens with one attached hydrogen (secondary N) is 1. The van der Waals surface area contributed by atoms with Gasteiger partial charge in [-0.1, -0.05) is 12.1 Å². The van der Waals surface area contributed by atoms with E-state index in [0.29, 0.717) is 19.6 Å². The summed E-state index contributed by atoms with van der Waals surface area (Å²) in [5.41, 5.74) is 11.3. The van der Waals surface area contributed by atoms with Crippen LogP contribution in [0.3, 0.4) is 0 Å². The van der Waals surface area contributed by atoms with Gasteiger partial charge in [-0.25, -0.2) is 5.43 Å². The van der Waals surface area contributed by atoms with Crippen molar-refractivity contribution in [1.82, 2.24) is 5.43 Å². The molecule has 0 saturated carbocycles. The number of hydrogen-bond donors (Lipinski definition) is 3. The minimum absolute atomic E-state index is 0.103. The van der Waals surface area contributed by atoms with Gasteiger partial charge in [0.2, 0.25) is 5.91 Å². The highest BCUT2D eigenvalue weighted by molar-refractivity contribution is 5.96. The largest absolute Gasteiger partial charge is 0.326 e. The number of hydrogen-bond acceptors (Lipinski definition) is 4. The van der Waals surface area contributed by atoms with E-state index in [0.717, 1.165) is 23.2 Å². The van der Waals surface area contributed by atoms with Gasteiger partial charge in [0.1, 0.15) is 0 Å². The van der Waals surface area contributed by atoms with Crippen molar-refractivity contribution in [2.24, 2.45) is 11.6 Å². The van der Waals surface area contributed by atoms with Crippen LogP contribution in [0.15, 0.2) is 18.2 Å². The van der Waals surface area contributed by atoms with Gasteiger partial charge in [-0.3, -0.25) is 15.5 Å². The highest BCUT2D eigenvalue weighted by Gasteiger charge is 2.23. The second-order valence-electron chi connectivity index (χ2n) is 3.85. The van der Waals surface area contributed by atoms with E-state index in [1.807, 2.05) is 12.1 Å². The Bertz CT molecular complexity index is 405. The van der Waals surface area contributed by atoms with Crippen LogP contribution < -0.4 is 21.9 Å². The van der Waals surface area contributed by atoms with Crippen LogP contribution in [0.4, 0.5) is 5.69 Å². The van der Waals surface area contributed by atoms with Gasteiger partial charge in [0.05, 0.1) is 6.67 Å². The minimum Gasteiger partial charge on any atom is -0.326 e. The first-order chi connectivity index (χ1) is 7.76. The molecule has 5 nitrogen and oxygen atoms in total. The van der Waals surface area contributed by atoms with Gasteiger partial charge in [-0.05, 0) is 23.6 Å². The number of amides is 1. The fraction of sp³-hybridized carbons (Fsp3) is 0.364. The van der Waals surface area contributed by atoms with Crippen LogP contribution in [0, 0.1) is 0 Å². The van der Waals surface area contributed by atoms with Gasteiger partial charge in [0, 0.05) is 18.7 Å². The highest BCUT2D eigenvalue weighted by Crippen LogP contribution is 2.28. The van der Waals surface area contributed by atoms with Gasteiger partial charge < -0.3 is 5.73 Å². The van der Waals surface area contributed by atoms with E-state index < -0.39 is 0 Å². The monoisotopic (exact) mass is 220 g/mol. The summed E-state index contributed by atoms with van der Waals surface area (Å²) in [6.45, 7) is 0.865. The Morgan fingerprint density at radius 1 is 1.38 bits per heavy atom. The van der Waals surface area contributed by atoms with Gasteiger partial charge >= 0.3 is 0 Å². The van der Waals surface area contributed by atoms with Crippen LogP contribution in [0.5, 0.6) is 0 Å². The quantitative estimate of drug-likeness (QED) is 0.488. The summed E-state index contributed by atoms with van der Waals surface area (Å²) < 4.78 is 0. The third kappa shape index (κ3) is 1.92. The van der Waals surface area contributed by atoms with Gasteiger partial charge in [-0.15, -0.1) is 0 Å². The van der Waals surface area contributed by atoms with Crippen molar-refractivity contribution in [2.45, 2.75) is 19.4 Å². The molecule has 5 N–H and O–H groups in total. The molecule has 86 valence electrons. The van der Waals surface area contributed by atoms with Crippen LogP contribution in [0.2, 0.25) is 0 Å². The Kier molecular flexibility index (Phi) is 3.19. The lowest BCUT2D eigenvalue weighted by Crippen LogP contribution is -2.44. The molecule has 0 unspecified atom stereocenters. The lowest BCUT2D eigenvalue weighted by atomic mass is 9.99. The Hall–Kier alpha value is -1.43. The second kappa shape index (κ2) is 4.61. The first kappa shape index (κ1) is 11.1. The van der Waals surface area contributed by atoms with Crippen LogP contribution in [0.25, 0.3) is 0 Å². The number of nitrogens with zero attached hydrogens (tertiary/aromatic N) is 1. The number of rotatable bonds is 3. The average Bonchev–Trinajstić information content (AvgIpc) is 2.32. The Morgan fingerprint density at radius 3 is 2.88 bits per heavy atom. The molecule has 1 aromatic carbocycles. The number of carbonyl (C=O) groups is 1. The minimum atomic E-state index is 0.103. The molecule has 0 aliphatic carbocycles. The topological polar surface area (TPSA) is 84.4 Å². The normalized spacial score (nSPS) is 15.1. The summed E-state index contributed by atoms with van der Waals surface area (Å²) in [5, 5.41) is 0. The SMILES string of the molecule is NCc1ccc2c(c1)CCC(=O)N2CNN. The number of fused-ring (bicyclic) bond motifs is 1. The van der Waals surface area contributed by atoms with Crippen LogP contribution in [-0.2, 0) is 17.8 Å². The maximum atomic E-state index is 11.7. The van der Waals surface area contributed by atoms with Gasteiger partial charge in [-0.2, -0.15) is 0 Å². The van der Waals surface area contributed by atoms with Crippen molar-refractivity contribution >= 4 is 11.6 Å². The number of aryl methyl sites for hydroxylation is 1. The predicted molar refractivity (Wildman–Crippen MR) is 62.3 cm³/mol. The number of anilines is 1. The van der Waals surface area contributed by atoms with Crippen molar-refractivity contribution in [1.29, 1.82) is 0 Å². The van der Waals surface area contributed by atoms with Gasteiger partial charge in [0.15, 0.2) is 0 Å². The van der Waals surface area contributed by atoms with E-state index in [4.69, 9.17) is 11.6 Å². The molecule has 2 rings (SSSR count). The number of benzene rings is 1. The smallest absolute Gasteiger partial charge is 0.228 e. The molecule has 1 aromatic rings. The molecule has 0 bridgehead atoms. The Labute approximate surface area is 94.4 Å². The third-order valence-corrected chi connectivity index (χ3v) is 2.83. The Morgan fingerprint density at radius 2 is 2.19 bits per heavy atom. The summed E-state index contributed by atoms with van der Waals surface area (Å²) in [6, 6.07) is 5.94. The predicted octanol–water partition coefficient (Wildman–Crippen LogP) is -0.155. The van der Waals surface area contributed by atoms with E-state index in [9.17, 15) is 4.79 Å². The van der Waals surface area contributed by atoms with E-state index >= 15 is 0 Å². The number of hydrazine groups is 1. The molecule has 16 heavy (non-hydrogen) atoms. The molecular weight excluding hydrogens is 204 g/mol. The molecule has 1 amide bonds. The van der Waals surface area contributed by atoms with E-state index in [-0.39, 0.29) is 5.91 Å². The molecule has 1 aliphatic rings. The van der Waals surface area contributed by atoms with Crippen molar-refractivity contribution in [3.8, 4) is 0 Å². The summed E-state index contributed by atoms with van der Waals surface area (Å²) in [6.07, 6.45) is 1.31. The lowest BCUT2D eigenvalue weighted by molar-refractivity contribution is -0.119. The molecular formula is C11H16N4O. The molecule has 0 atom stereocenters. The molecule has 1 heterocycles. The maximum absolute atomic E-state index is 11.7. The third-order valence-electron chi connectivity index (χ3n) is 2.83. The van der Waals surface area contributed by atoms with Crippen molar-refractivity contribution in [3.63, 3.8) is 0 Å². The summed E-state index contributed by atoms with van der Waals surface area (Å²) >= 11 is 0. The average molecular weight is 220 g/mol. The Balaban J connectivity index is 2.36. The van der Waals surface area contributed by atoms with Crippen molar-refractivity contribution < 1.29 is 4.79 Å². The zero-order valence-electron chi connectivity index (χ0n) is 9.07. The molecule has 0 saturated heterocycles. The first-order valence-electron chi connectivity index (χ1n) is 5.32. The fourth-order valence-electron chi connectivity index (χ4n) is 2.00. The van der Waals surface area contributed by atoms with E-state index in [1.54, 1.807) is 4.90 Å². The first-order valence-corrected chi connectivity index (χ1v) is 5.32. The zero-order valence-corrected chi connectivity index (χ0v) is 9.07. The maximum Gasteiger partial charge on any atom is 0.228 e. The molecule has 0 radical (unpaired) electrons. The van der Waals surface area contributed by atoms with Crippen molar-refractivity contribution in [2.75, 3.05) is 11.6 Å². The van der Waals surface area contributed by atoms with Crippen LogP contribution in [0.1, 0.15) is 17.5 Å². The van der Waals surface area contributed by atoms with Crippen molar-refractivity contribution in [3.05, 3.63) is 29.3 Å².